The number of thiazole rings is 1. The highest BCUT2D eigenvalue weighted by Gasteiger charge is 2.08. The van der Waals surface area contributed by atoms with Crippen molar-refractivity contribution in [2.45, 2.75) is 0 Å². The lowest BCUT2D eigenvalue weighted by molar-refractivity contribution is -0.119. The Balaban J connectivity index is 2.58. The number of primary amides is 1. The van der Waals surface area contributed by atoms with Crippen molar-refractivity contribution in [1.82, 2.24) is 4.98 Å². The summed E-state index contributed by atoms with van der Waals surface area (Å²) in [4.78, 5) is 14.0. The van der Waals surface area contributed by atoms with Crippen LogP contribution in [0.15, 0.2) is 0 Å². The van der Waals surface area contributed by atoms with Crippen molar-refractivity contribution in [3.8, 4) is 5.19 Å². The zero-order valence-electron chi connectivity index (χ0n) is 5.71. The van der Waals surface area contributed by atoms with Crippen molar-refractivity contribution in [1.29, 1.82) is 0 Å². The van der Waals surface area contributed by atoms with Crippen molar-refractivity contribution in [3.63, 3.8) is 0 Å². The average molecular weight is 227 g/mol. The van der Waals surface area contributed by atoms with Crippen molar-refractivity contribution in [2.75, 3.05) is 6.61 Å². The Morgan fingerprint density at radius 1 is 1.67 bits per heavy atom. The van der Waals surface area contributed by atoms with Gasteiger partial charge >= 0.3 is 0 Å². The highest BCUT2D eigenvalue weighted by molar-refractivity contribution is 7.18. The number of halogens is 2. The Hall–Kier alpha value is -0.520. The van der Waals surface area contributed by atoms with Gasteiger partial charge in [0.1, 0.15) is 4.34 Å². The number of rotatable bonds is 3. The molecule has 1 aromatic heterocycles. The number of carbonyl (C=O) groups is 1. The normalized spacial score (nSPS) is 9.83. The van der Waals surface area contributed by atoms with Crippen LogP contribution in [0.4, 0.5) is 0 Å². The lowest BCUT2D eigenvalue weighted by Crippen LogP contribution is -2.19. The second-order valence-electron chi connectivity index (χ2n) is 1.80. The molecule has 1 rings (SSSR count). The largest absolute Gasteiger partial charge is 0.460 e. The molecule has 1 heterocycles. The van der Waals surface area contributed by atoms with Gasteiger partial charge in [0.25, 0.3) is 11.1 Å². The molecule has 2 N–H and O–H groups in total. The Kier molecular flexibility index (Phi) is 3.13. The Labute approximate surface area is 82.2 Å². The van der Waals surface area contributed by atoms with Crippen molar-refractivity contribution in [2.24, 2.45) is 5.73 Å². The summed E-state index contributed by atoms with van der Waals surface area (Å²) in [6.45, 7) is -0.222. The first-order chi connectivity index (χ1) is 5.59. The minimum Gasteiger partial charge on any atom is -0.460 e. The SMILES string of the molecule is NC(=O)COc1nc(Cl)c(Cl)s1. The molecule has 0 unspecified atom stereocenters. The molecule has 66 valence electrons. The van der Waals surface area contributed by atoms with Crippen LogP contribution in [0.5, 0.6) is 5.19 Å². The van der Waals surface area contributed by atoms with E-state index in [0.717, 1.165) is 11.3 Å². The van der Waals surface area contributed by atoms with E-state index in [2.05, 4.69) is 4.98 Å². The van der Waals surface area contributed by atoms with Gasteiger partial charge in [-0.1, -0.05) is 34.5 Å². The monoisotopic (exact) mass is 226 g/mol. The second-order valence-corrected chi connectivity index (χ2v) is 3.72. The van der Waals surface area contributed by atoms with Gasteiger partial charge in [0.15, 0.2) is 11.8 Å². The summed E-state index contributed by atoms with van der Waals surface area (Å²) in [5.41, 5.74) is 4.83. The summed E-state index contributed by atoms with van der Waals surface area (Å²) < 4.78 is 5.16. The first-order valence-electron chi connectivity index (χ1n) is 2.82. The van der Waals surface area contributed by atoms with Gasteiger partial charge in [-0.2, -0.15) is 4.98 Å². The number of aromatic nitrogens is 1. The predicted octanol–water partition coefficient (Wildman–Crippen LogP) is 1.31. The Morgan fingerprint density at radius 2 is 2.33 bits per heavy atom. The molecule has 12 heavy (non-hydrogen) atoms. The number of nitrogens with two attached hydrogens (primary N) is 1. The van der Waals surface area contributed by atoms with Crippen LogP contribution in [0.1, 0.15) is 0 Å². The zero-order valence-corrected chi connectivity index (χ0v) is 8.04. The van der Waals surface area contributed by atoms with E-state index in [9.17, 15) is 4.79 Å². The standard InChI is InChI=1S/C5H4Cl2N2O2S/c6-3-4(7)12-5(9-3)11-1-2(8)10/h1H2,(H2,8,10). The van der Waals surface area contributed by atoms with Gasteiger partial charge in [0.2, 0.25) is 0 Å². The van der Waals surface area contributed by atoms with Crippen molar-refractivity contribution < 1.29 is 9.53 Å². The molecular formula is C5H4Cl2N2O2S. The first-order valence-corrected chi connectivity index (χ1v) is 4.40. The van der Waals surface area contributed by atoms with E-state index in [1.54, 1.807) is 0 Å². The van der Waals surface area contributed by atoms with Crippen LogP contribution in [-0.2, 0) is 4.79 Å². The van der Waals surface area contributed by atoms with Crippen LogP contribution in [0, 0.1) is 0 Å². The average Bonchev–Trinajstić information content (AvgIpc) is 2.28. The Morgan fingerprint density at radius 3 is 2.75 bits per heavy atom. The van der Waals surface area contributed by atoms with Crippen molar-refractivity contribution >= 4 is 40.4 Å². The third kappa shape index (κ3) is 2.51. The first kappa shape index (κ1) is 9.57. The lowest BCUT2D eigenvalue weighted by Gasteiger charge is -1.95. The smallest absolute Gasteiger partial charge is 0.276 e. The fourth-order valence-electron chi connectivity index (χ4n) is 0.460. The fourth-order valence-corrected chi connectivity index (χ4v) is 1.48. The van der Waals surface area contributed by atoms with E-state index in [-0.39, 0.29) is 17.0 Å². The lowest BCUT2D eigenvalue weighted by atomic mass is 10.7. The van der Waals surface area contributed by atoms with Gasteiger partial charge in [-0.25, -0.2) is 0 Å². The molecule has 0 aliphatic heterocycles. The molecule has 0 fully saturated rings. The van der Waals surface area contributed by atoms with E-state index in [1.165, 1.54) is 0 Å². The number of ether oxygens (including phenoxy) is 1. The zero-order chi connectivity index (χ0) is 9.14. The van der Waals surface area contributed by atoms with E-state index < -0.39 is 5.91 Å². The molecule has 0 bridgehead atoms. The van der Waals surface area contributed by atoms with Crippen LogP contribution in [-0.4, -0.2) is 17.5 Å². The maximum Gasteiger partial charge on any atom is 0.276 e. The summed E-state index contributed by atoms with van der Waals surface area (Å²) in [7, 11) is 0. The third-order valence-electron chi connectivity index (χ3n) is 0.866. The summed E-state index contributed by atoms with van der Waals surface area (Å²) in [5.74, 6) is -0.572. The minimum atomic E-state index is -0.572. The topological polar surface area (TPSA) is 65.2 Å². The van der Waals surface area contributed by atoms with Gasteiger partial charge in [0.05, 0.1) is 0 Å². The Bertz CT molecular complexity index is 282. The molecule has 0 radical (unpaired) electrons. The fraction of sp³-hybridized carbons (Fsp3) is 0.200. The number of nitrogens with zero attached hydrogens (tertiary/aromatic N) is 1. The van der Waals surface area contributed by atoms with E-state index in [4.69, 9.17) is 33.7 Å². The van der Waals surface area contributed by atoms with E-state index in [0.29, 0.717) is 4.34 Å². The van der Waals surface area contributed by atoms with Crippen LogP contribution in [0.25, 0.3) is 0 Å². The summed E-state index contributed by atoms with van der Waals surface area (Å²) in [6, 6.07) is 0. The van der Waals surface area contributed by atoms with Crippen LogP contribution >= 0.6 is 34.5 Å². The molecular weight excluding hydrogens is 223 g/mol. The quantitative estimate of drug-likeness (QED) is 0.846. The van der Waals surface area contributed by atoms with Crippen LogP contribution in [0.2, 0.25) is 9.49 Å². The molecule has 0 saturated heterocycles. The number of amides is 1. The highest BCUT2D eigenvalue weighted by atomic mass is 35.5. The van der Waals surface area contributed by atoms with Gasteiger partial charge in [0, 0.05) is 0 Å². The molecule has 1 aromatic rings. The van der Waals surface area contributed by atoms with Crippen LogP contribution in [0.3, 0.4) is 0 Å². The molecule has 0 spiro atoms. The summed E-state index contributed by atoms with van der Waals surface area (Å²) in [5, 5.41) is 0.407. The summed E-state index contributed by atoms with van der Waals surface area (Å²) >= 11 is 12.1. The molecule has 0 atom stereocenters. The molecule has 4 nitrogen and oxygen atoms in total. The number of carbonyl (C=O) groups excluding carboxylic acids is 1. The maximum absolute atomic E-state index is 10.3. The third-order valence-corrected chi connectivity index (χ3v) is 2.52. The van der Waals surface area contributed by atoms with Gasteiger partial charge in [-0.05, 0) is 0 Å². The molecule has 0 saturated carbocycles. The maximum atomic E-state index is 10.3. The number of hydrogen-bond acceptors (Lipinski definition) is 4. The van der Waals surface area contributed by atoms with E-state index >= 15 is 0 Å². The molecule has 1 amide bonds. The molecule has 0 aliphatic carbocycles. The van der Waals surface area contributed by atoms with E-state index in [1.807, 2.05) is 0 Å². The molecule has 7 heteroatoms. The van der Waals surface area contributed by atoms with Crippen molar-refractivity contribution in [3.05, 3.63) is 9.49 Å². The molecule has 0 aromatic carbocycles. The van der Waals surface area contributed by atoms with Gasteiger partial charge in [-0.3, -0.25) is 4.79 Å². The van der Waals surface area contributed by atoms with Crippen LogP contribution < -0.4 is 10.5 Å². The van der Waals surface area contributed by atoms with Gasteiger partial charge in [-0.15, -0.1) is 0 Å². The highest BCUT2D eigenvalue weighted by Crippen LogP contribution is 2.32. The summed E-state index contributed by atoms with van der Waals surface area (Å²) in [6.07, 6.45) is 0. The molecule has 0 aliphatic rings. The second kappa shape index (κ2) is 3.93. The predicted molar refractivity (Wildman–Crippen MR) is 46.8 cm³/mol. The van der Waals surface area contributed by atoms with Gasteiger partial charge < -0.3 is 10.5 Å². The minimum absolute atomic E-state index is 0.168. The number of hydrogen-bond donors (Lipinski definition) is 1.